The quantitative estimate of drug-likeness (QED) is 0.151. The number of hydrogen-bond donors (Lipinski definition) is 2. The molecule has 39 heavy (non-hydrogen) atoms. The summed E-state index contributed by atoms with van der Waals surface area (Å²) in [6, 6.07) is 0. The molecule has 2 N–H and O–H groups in total. The summed E-state index contributed by atoms with van der Waals surface area (Å²) in [5.74, 6) is -0.500. The van der Waals surface area contributed by atoms with Gasteiger partial charge in [-0.1, -0.05) is 77.5 Å². The maximum absolute atomic E-state index is 12.7. The fourth-order valence-electron chi connectivity index (χ4n) is 6.77. The van der Waals surface area contributed by atoms with Gasteiger partial charge in [0.1, 0.15) is 12.7 Å². The molecule has 0 amide bonds. The molecule has 0 aromatic heterocycles. The van der Waals surface area contributed by atoms with Gasteiger partial charge in [-0.3, -0.25) is 0 Å². The van der Waals surface area contributed by atoms with Crippen LogP contribution in [0.2, 0.25) is 0 Å². The molecule has 3 aliphatic carbocycles. The number of aliphatic hydroxyl groups is 2. The van der Waals surface area contributed by atoms with Gasteiger partial charge in [0.2, 0.25) is 0 Å². The zero-order valence-corrected chi connectivity index (χ0v) is 25.4. The first kappa shape index (κ1) is 31.8. The van der Waals surface area contributed by atoms with Gasteiger partial charge in [0.05, 0.1) is 6.10 Å². The SMILES string of the molecule is C=C1C(=CC=C2CCC[C@]3(C)C(CC)=CC[C@@H]23)C[C@](O)(OCC(=O)OC(CCC(C)C)CCC(C)C)CC1O. The van der Waals surface area contributed by atoms with Crippen molar-refractivity contribution in [3.8, 4) is 0 Å². The molecule has 3 aliphatic rings. The largest absolute Gasteiger partial charge is 0.461 e. The van der Waals surface area contributed by atoms with Gasteiger partial charge in [-0.05, 0) is 92.1 Å². The third-order valence-corrected chi connectivity index (χ3v) is 9.27. The Bertz CT molecular complexity index is 945. The van der Waals surface area contributed by atoms with E-state index in [4.69, 9.17) is 9.47 Å². The van der Waals surface area contributed by atoms with Crippen molar-refractivity contribution in [1.29, 1.82) is 0 Å². The van der Waals surface area contributed by atoms with Crippen LogP contribution < -0.4 is 0 Å². The highest BCUT2D eigenvalue weighted by molar-refractivity contribution is 5.71. The van der Waals surface area contributed by atoms with E-state index in [1.807, 2.05) is 6.08 Å². The molecule has 5 nitrogen and oxygen atoms in total. The van der Waals surface area contributed by atoms with Crippen molar-refractivity contribution >= 4 is 5.97 Å². The summed E-state index contributed by atoms with van der Waals surface area (Å²) >= 11 is 0. The first-order valence-electron chi connectivity index (χ1n) is 15.4. The standard InChI is InChI=1S/C34H54O5/c1-8-28-15-18-30-26(10-9-19-33(28,30)7)13-14-27-20-34(37,21-31(35)25(27)6)38-22-32(36)39-29(16-11-23(2)3)17-12-24(4)5/h13-15,23-24,29-31,35,37H,6,8-12,16-22H2,1-5,7H3/t30-,31?,33+,34-/m0/s1. The molecule has 0 aliphatic heterocycles. The molecule has 0 radical (unpaired) electrons. The fraction of sp³-hybridized carbons (Fsp3) is 0.735. The van der Waals surface area contributed by atoms with Crippen molar-refractivity contribution in [2.75, 3.05) is 6.61 Å². The Morgan fingerprint density at radius 2 is 1.82 bits per heavy atom. The van der Waals surface area contributed by atoms with Crippen molar-refractivity contribution in [1.82, 2.24) is 0 Å². The highest BCUT2D eigenvalue weighted by atomic mass is 16.6. The number of esters is 1. The molecule has 0 bridgehead atoms. The summed E-state index contributed by atoms with van der Waals surface area (Å²) in [6.45, 7) is 17.1. The molecule has 0 saturated heterocycles. The molecule has 5 heteroatoms. The Hall–Kier alpha value is -1.69. The van der Waals surface area contributed by atoms with E-state index in [0.717, 1.165) is 50.5 Å². The van der Waals surface area contributed by atoms with E-state index >= 15 is 0 Å². The minimum atomic E-state index is -1.64. The Morgan fingerprint density at radius 1 is 1.15 bits per heavy atom. The van der Waals surface area contributed by atoms with Gasteiger partial charge in [-0.15, -0.1) is 0 Å². The summed E-state index contributed by atoms with van der Waals surface area (Å²) in [5, 5.41) is 22.0. The maximum atomic E-state index is 12.7. The number of rotatable bonds is 12. The van der Waals surface area contributed by atoms with E-state index < -0.39 is 17.9 Å². The van der Waals surface area contributed by atoms with Crippen molar-refractivity contribution in [3.63, 3.8) is 0 Å². The molecule has 1 unspecified atom stereocenters. The normalized spacial score (nSPS) is 31.5. The summed E-state index contributed by atoms with van der Waals surface area (Å²) in [5.41, 5.74) is 4.65. The lowest BCUT2D eigenvalue weighted by Crippen LogP contribution is -2.43. The van der Waals surface area contributed by atoms with E-state index in [2.05, 4.69) is 60.3 Å². The molecular weight excluding hydrogens is 488 g/mol. The summed E-state index contributed by atoms with van der Waals surface area (Å²) in [6.07, 6.45) is 15.1. The Balaban J connectivity index is 1.64. The number of carbonyl (C=O) groups is 1. The summed E-state index contributed by atoms with van der Waals surface area (Å²) in [4.78, 5) is 12.7. The van der Waals surface area contributed by atoms with Crippen LogP contribution in [0.1, 0.15) is 112 Å². The summed E-state index contributed by atoms with van der Waals surface area (Å²) in [7, 11) is 0. The van der Waals surface area contributed by atoms with Crippen LogP contribution in [0.3, 0.4) is 0 Å². The van der Waals surface area contributed by atoms with Crippen LogP contribution in [0.4, 0.5) is 0 Å². The zero-order chi connectivity index (χ0) is 28.8. The van der Waals surface area contributed by atoms with Crippen molar-refractivity contribution in [2.45, 2.75) is 130 Å². The average molecular weight is 543 g/mol. The first-order chi connectivity index (χ1) is 18.4. The molecule has 0 spiro atoms. The van der Waals surface area contributed by atoms with Crippen LogP contribution in [0.25, 0.3) is 0 Å². The molecule has 0 aromatic carbocycles. The van der Waals surface area contributed by atoms with Gasteiger partial charge in [-0.2, -0.15) is 0 Å². The van der Waals surface area contributed by atoms with Gasteiger partial charge in [0.15, 0.2) is 5.79 Å². The van der Waals surface area contributed by atoms with Crippen LogP contribution in [-0.2, 0) is 14.3 Å². The number of carbonyl (C=O) groups excluding carboxylic acids is 1. The number of ether oxygens (including phenoxy) is 2. The Labute approximate surface area is 237 Å². The van der Waals surface area contributed by atoms with E-state index in [-0.39, 0.29) is 31.0 Å². The minimum absolute atomic E-state index is 0.0123. The molecular formula is C34H54O5. The second-order valence-corrected chi connectivity index (χ2v) is 13.3. The smallest absolute Gasteiger partial charge is 0.332 e. The van der Waals surface area contributed by atoms with E-state index in [1.165, 1.54) is 18.4 Å². The lowest BCUT2D eigenvalue weighted by Gasteiger charge is -2.41. The number of hydrogen-bond acceptors (Lipinski definition) is 5. The third-order valence-electron chi connectivity index (χ3n) is 9.27. The van der Waals surface area contributed by atoms with E-state index in [9.17, 15) is 15.0 Å². The van der Waals surface area contributed by atoms with Crippen LogP contribution in [0.5, 0.6) is 0 Å². The van der Waals surface area contributed by atoms with Gasteiger partial charge < -0.3 is 19.7 Å². The third kappa shape index (κ3) is 8.41. The first-order valence-corrected chi connectivity index (χ1v) is 15.4. The monoisotopic (exact) mass is 542 g/mol. The van der Waals surface area contributed by atoms with Crippen LogP contribution in [0.15, 0.2) is 47.1 Å². The van der Waals surface area contributed by atoms with Gasteiger partial charge >= 0.3 is 5.97 Å². The molecule has 2 saturated carbocycles. The number of aliphatic hydroxyl groups excluding tert-OH is 1. The highest BCUT2D eigenvalue weighted by Gasteiger charge is 2.44. The van der Waals surface area contributed by atoms with E-state index in [1.54, 1.807) is 5.57 Å². The lowest BCUT2D eigenvalue weighted by atomic mass is 9.64. The van der Waals surface area contributed by atoms with Crippen molar-refractivity contribution in [3.05, 3.63) is 47.1 Å². The molecule has 0 heterocycles. The van der Waals surface area contributed by atoms with Gasteiger partial charge in [-0.25, -0.2) is 4.79 Å². The number of fused-ring (bicyclic) bond motifs is 1. The second kappa shape index (κ2) is 13.8. The topological polar surface area (TPSA) is 76.0 Å². The van der Waals surface area contributed by atoms with Crippen LogP contribution in [0, 0.1) is 23.2 Å². The number of allylic oxidation sites excluding steroid dienone is 5. The van der Waals surface area contributed by atoms with Crippen LogP contribution in [-0.4, -0.2) is 40.8 Å². The zero-order valence-electron chi connectivity index (χ0n) is 25.4. The van der Waals surface area contributed by atoms with Crippen molar-refractivity contribution < 1.29 is 24.5 Å². The van der Waals surface area contributed by atoms with Crippen molar-refractivity contribution in [2.24, 2.45) is 23.2 Å². The van der Waals surface area contributed by atoms with E-state index in [0.29, 0.717) is 23.3 Å². The predicted octanol–water partition coefficient (Wildman–Crippen LogP) is 7.59. The highest BCUT2D eigenvalue weighted by Crippen LogP contribution is 2.55. The molecule has 4 atom stereocenters. The minimum Gasteiger partial charge on any atom is -0.461 e. The Kier molecular flexibility index (Phi) is 11.3. The second-order valence-electron chi connectivity index (χ2n) is 13.3. The van der Waals surface area contributed by atoms with Gasteiger partial charge in [0, 0.05) is 12.8 Å². The Morgan fingerprint density at radius 3 is 2.44 bits per heavy atom. The van der Waals surface area contributed by atoms with Gasteiger partial charge in [0.25, 0.3) is 0 Å². The predicted molar refractivity (Wildman–Crippen MR) is 158 cm³/mol. The molecule has 3 rings (SSSR count). The average Bonchev–Trinajstić information content (AvgIpc) is 3.22. The lowest BCUT2D eigenvalue weighted by molar-refractivity contribution is -0.226. The molecule has 2 fully saturated rings. The van der Waals surface area contributed by atoms with Crippen LogP contribution >= 0.6 is 0 Å². The summed E-state index contributed by atoms with van der Waals surface area (Å²) < 4.78 is 11.5. The molecule has 0 aromatic rings. The fourth-order valence-corrected chi connectivity index (χ4v) is 6.77. The molecule has 220 valence electrons. The maximum Gasteiger partial charge on any atom is 0.332 e.